The predicted molar refractivity (Wildman–Crippen MR) is 92.1 cm³/mol. The average molecular weight is 314 g/mol. The zero-order valence-corrected chi connectivity index (χ0v) is 14.0. The minimum Gasteiger partial charge on any atom is -0.507 e. The fraction of sp³-hybridized carbons (Fsp3) is 0.500. The number of hydrogen-bond acceptors (Lipinski definition) is 3. The van der Waals surface area contributed by atoms with Crippen LogP contribution in [-0.2, 0) is 0 Å². The maximum absolute atomic E-state index is 10.8. The van der Waals surface area contributed by atoms with Crippen LogP contribution in [0.5, 0.6) is 17.2 Å². The van der Waals surface area contributed by atoms with Crippen LogP contribution in [0.15, 0.2) is 29.4 Å². The molecular weight excluding hydrogens is 288 g/mol. The molecule has 124 valence electrons. The Hall–Kier alpha value is -1.90. The summed E-state index contributed by atoms with van der Waals surface area (Å²) in [6.45, 7) is 4.18. The van der Waals surface area contributed by atoms with Gasteiger partial charge in [-0.05, 0) is 52.4 Å². The Balaban J connectivity index is 2.09. The maximum Gasteiger partial charge on any atom is 0.130 e. The Kier molecular flexibility index (Phi) is 4.38. The van der Waals surface area contributed by atoms with Crippen molar-refractivity contribution in [3.05, 3.63) is 40.5 Å². The Bertz CT molecular complexity index is 616. The van der Waals surface area contributed by atoms with Gasteiger partial charge in [0.1, 0.15) is 17.2 Å². The molecular formula is C20H26O3. The lowest BCUT2D eigenvalue weighted by Gasteiger charge is -2.26. The number of aromatic hydroxyl groups is 3. The van der Waals surface area contributed by atoms with E-state index in [9.17, 15) is 15.3 Å². The average Bonchev–Trinajstić information content (AvgIpc) is 2.47. The highest BCUT2D eigenvalue weighted by atomic mass is 16.3. The number of benzene rings is 1. The second kappa shape index (κ2) is 6.31. The SMILES string of the molecule is CC1=CC(c2c(O)cc(O)c([C@@H]3C=C(C)CCC3)c2O)CCC1. The van der Waals surface area contributed by atoms with Gasteiger partial charge >= 0.3 is 0 Å². The predicted octanol–water partition coefficient (Wildman–Crippen LogP) is 5.23. The first kappa shape index (κ1) is 16.0. The largest absolute Gasteiger partial charge is 0.507 e. The second-order valence-electron chi connectivity index (χ2n) is 7.11. The molecule has 0 spiro atoms. The van der Waals surface area contributed by atoms with Crippen LogP contribution in [0.25, 0.3) is 0 Å². The summed E-state index contributed by atoms with van der Waals surface area (Å²) in [5, 5.41) is 31.5. The number of phenolic OH excluding ortho intramolecular Hbond substituents is 3. The first-order valence-electron chi connectivity index (χ1n) is 8.59. The van der Waals surface area contributed by atoms with E-state index in [1.807, 2.05) is 0 Å². The molecule has 3 nitrogen and oxygen atoms in total. The lowest BCUT2D eigenvalue weighted by atomic mass is 9.80. The standard InChI is InChI=1S/C20H26O3/c1-12-5-3-7-14(9-12)18-16(21)11-17(22)19(20(18)23)15-8-4-6-13(2)10-15/h9-11,14-15,21-23H,3-8H2,1-2H3/t14-,15?/m0/s1. The molecule has 1 unspecified atom stereocenters. The normalized spacial score (nSPS) is 25.0. The molecule has 0 amide bonds. The first-order chi connectivity index (χ1) is 11.0. The van der Waals surface area contributed by atoms with Gasteiger partial charge in [-0.3, -0.25) is 0 Å². The molecule has 0 saturated carbocycles. The minimum atomic E-state index is -0.00351. The summed E-state index contributed by atoms with van der Waals surface area (Å²) < 4.78 is 0. The van der Waals surface area contributed by atoms with Gasteiger partial charge in [-0.1, -0.05) is 23.3 Å². The quantitative estimate of drug-likeness (QED) is 0.655. The van der Waals surface area contributed by atoms with E-state index in [1.54, 1.807) is 0 Å². The van der Waals surface area contributed by atoms with Crippen molar-refractivity contribution in [2.45, 2.75) is 64.2 Å². The zero-order chi connectivity index (χ0) is 16.6. The van der Waals surface area contributed by atoms with Crippen molar-refractivity contribution in [1.82, 2.24) is 0 Å². The summed E-state index contributed by atoms with van der Waals surface area (Å²) in [6.07, 6.45) is 10.4. The van der Waals surface area contributed by atoms with Gasteiger partial charge in [0.05, 0.1) is 0 Å². The Morgan fingerprint density at radius 3 is 1.61 bits per heavy atom. The summed E-state index contributed by atoms with van der Waals surface area (Å²) in [7, 11) is 0. The van der Waals surface area contributed by atoms with Crippen LogP contribution >= 0.6 is 0 Å². The Morgan fingerprint density at radius 2 is 1.22 bits per heavy atom. The summed E-state index contributed by atoms with van der Waals surface area (Å²) in [4.78, 5) is 0. The topological polar surface area (TPSA) is 60.7 Å². The first-order valence-corrected chi connectivity index (χ1v) is 8.59. The van der Waals surface area contributed by atoms with Crippen LogP contribution < -0.4 is 0 Å². The molecule has 3 rings (SSSR count). The molecule has 1 aromatic carbocycles. The van der Waals surface area contributed by atoms with E-state index in [2.05, 4.69) is 26.0 Å². The number of rotatable bonds is 2. The van der Waals surface area contributed by atoms with Crippen LogP contribution in [0.1, 0.15) is 75.3 Å². The highest BCUT2D eigenvalue weighted by Crippen LogP contribution is 2.49. The van der Waals surface area contributed by atoms with Gasteiger partial charge in [0.2, 0.25) is 0 Å². The van der Waals surface area contributed by atoms with Gasteiger partial charge < -0.3 is 15.3 Å². The third-order valence-electron chi connectivity index (χ3n) is 5.22. The van der Waals surface area contributed by atoms with Gasteiger partial charge in [-0.2, -0.15) is 0 Å². The van der Waals surface area contributed by atoms with E-state index < -0.39 is 0 Å². The van der Waals surface area contributed by atoms with Crippen LogP contribution in [0.3, 0.4) is 0 Å². The lowest BCUT2D eigenvalue weighted by molar-refractivity contribution is 0.398. The monoisotopic (exact) mass is 314 g/mol. The molecule has 3 N–H and O–H groups in total. The molecule has 2 aliphatic carbocycles. The zero-order valence-electron chi connectivity index (χ0n) is 14.0. The van der Waals surface area contributed by atoms with E-state index >= 15 is 0 Å². The van der Waals surface area contributed by atoms with Gasteiger partial charge in [0.25, 0.3) is 0 Å². The van der Waals surface area contributed by atoms with Crippen molar-refractivity contribution in [2.75, 3.05) is 0 Å². The summed E-state index contributed by atoms with van der Waals surface area (Å²) >= 11 is 0. The van der Waals surface area contributed by atoms with Crippen molar-refractivity contribution in [3.63, 3.8) is 0 Å². The highest BCUT2D eigenvalue weighted by Gasteiger charge is 2.28. The van der Waals surface area contributed by atoms with E-state index in [4.69, 9.17) is 0 Å². The third-order valence-corrected chi connectivity index (χ3v) is 5.22. The number of hydrogen-bond donors (Lipinski definition) is 3. The van der Waals surface area contributed by atoms with Gasteiger partial charge in [-0.15, -0.1) is 0 Å². The highest BCUT2D eigenvalue weighted by molar-refractivity contribution is 5.60. The summed E-state index contributed by atoms with van der Waals surface area (Å²) in [5.41, 5.74) is 3.74. The van der Waals surface area contributed by atoms with Crippen LogP contribution in [0.4, 0.5) is 0 Å². The van der Waals surface area contributed by atoms with Crippen molar-refractivity contribution in [2.24, 2.45) is 0 Å². The fourth-order valence-corrected chi connectivity index (χ4v) is 4.08. The van der Waals surface area contributed by atoms with Crippen LogP contribution in [-0.4, -0.2) is 15.3 Å². The number of phenols is 3. The molecule has 2 atom stereocenters. The van der Waals surface area contributed by atoms with Crippen LogP contribution in [0.2, 0.25) is 0 Å². The van der Waals surface area contributed by atoms with Gasteiger partial charge in [0.15, 0.2) is 0 Å². The molecule has 0 bridgehead atoms. The van der Waals surface area contributed by atoms with Crippen molar-refractivity contribution in [1.29, 1.82) is 0 Å². The molecule has 0 aliphatic heterocycles. The second-order valence-corrected chi connectivity index (χ2v) is 7.11. The Morgan fingerprint density at radius 1 is 0.783 bits per heavy atom. The maximum atomic E-state index is 10.8. The summed E-state index contributed by atoms with van der Waals surface area (Å²) in [5.74, 6) is 0.121. The molecule has 3 heteroatoms. The molecule has 2 aliphatic rings. The molecule has 23 heavy (non-hydrogen) atoms. The summed E-state index contributed by atoms with van der Waals surface area (Å²) in [6, 6.07) is 1.40. The third kappa shape index (κ3) is 3.10. The van der Waals surface area contributed by atoms with Crippen molar-refractivity contribution < 1.29 is 15.3 Å². The van der Waals surface area contributed by atoms with Gasteiger partial charge in [0, 0.05) is 29.0 Å². The smallest absolute Gasteiger partial charge is 0.130 e. The molecule has 0 heterocycles. The Labute approximate surface area is 138 Å². The lowest BCUT2D eigenvalue weighted by Crippen LogP contribution is -2.07. The molecule has 0 fully saturated rings. The molecule has 0 saturated heterocycles. The number of allylic oxidation sites excluding steroid dienone is 4. The molecule has 0 radical (unpaired) electrons. The molecule has 1 aromatic rings. The van der Waals surface area contributed by atoms with E-state index in [0.717, 1.165) is 38.5 Å². The van der Waals surface area contributed by atoms with E-state index in [1.165, 1.54) is 17.2 Å². The molecule has 0 aromatic heterocycles. The van der Waals surface area contributed by atoms with Crippen LogP contribution in [0, 0.1) is 0 Å². The minimum absolute atomic E-state index is 0.00351. The van der Waals surface area contributed by atoms with Crippen molar-refractivity contribution in [3.8, 4) is 17.2 Å². The van der Waals surface area contributed by atoms with Gasteiger partial charge in [-0.25, -0.2) is 0 Å². The van der Waals surface area contributed by atoms with E-state index in [-0.39, 0.29) is 29.1 Å². The van der Waals surface area contributed by atoms with E-state index in [0.29, 0.717) is 11.1 Å². The van der Waals surface area contributed by atoms with Crippen molar-refractivity contribution >= 4 is 0 Å². The fourth-order valence-electron chi connectivity index (χ4n) is 4.08.